The van der Waals surface area contributed by atoms with Crippen molar-refractivity contribution >= 4 is 26.7 Å². The molecule has 0 amide bonds. The fourth-order valence-corrected chi connectivity index (χ4v) is 2.61. The second-order valence-corrected chi connectivity index (χ2v) is 5.21. The van der Waals surface area contributed by atoms with E-state index in [1.165, 1.54) is 27.2 Å². The van der Waals surface area contributed by atoms with Crippen LogP contribution in [0.15, 0.2) is 40.9 Å². The van der Waals surface area contributed by atoms with Gasteiger partial charge in [-0.2, -0.15) is 0 Å². The summed E-state index contributed by atoms with van der Waals surface area (Å²) in [4.78, 5) is 0. The van der Waals surface area contributed by atoms with Gasteiger partial charge in [-0.15, -0.1) is 0 Å². The van der Waals surface area contributed by atoms with Gasteiger partial charge in [-0.05, 0) is 42.3 Å². The topological polar surface area (TPSA) is 12.0 Å². The highest BCUT2D eigenvalue weighted by molar-refractivity contribution is 9.10. The minimum atomic E-state index is 0.396. The van der Waals surface area contributed by atoms with Crippen LogP contribution in [0.25, 0.3) is 10.8 Å². The Labute approximate surface area is 111 Å². The van der Waals surface area contributed by atoms with E-state index in [2.05, 4.69) is 71.5 Å². The number of halogens is 1. The third-order valence-corrected chi connectivity index (χ3v) is 3.76. The summed E-state index contributed by atoms with van der Waals surface area (Å²) in [7, 11) is 0. The molecule has 0 aromatic heterocycles. The summed E-state index contributed by atoms with van der Waals surface area (Å²) in [6.45, 7) is 5.48. The van der Waals surface area contributed by atoms with E-state index in [4.69, 9.17) is 0 Å². The number of hydrogen-bond acceptors (Lipinski definition) is 1. The molecule has 2 aromatic carbocycles. The van der Waals surface area contributed by atoms with Crippen LogP contribution in [-0.2, 0) is 0 Å². The van der Waals surface area contributed by atoms with E-state index in [9.17, 15) is 0 Å². The van der Waals surface area contributed by atoms with Crippen molar-refractivity contribution in [3.05, 3.63) is 46.4 Å². The number of benzene rings is 2. The maximum absolute atomic E-state index is 3.61. The molecule has 0 saturated carbocycles. The number of fused-ring (bicyclic) bond motifs is 1. The molecule has 2 heteroatoms. The molecule has 1 unspecified atom stereocenters. The van der Waals surface area contributed by atoms with Crippen LogP contribution >= 0.6 is 15.9 Å². The van der Waals surface area contributed by atoms with E-state index in [1.54, 1.807) is 0 Å². The van der Waals surface area contributed by atoms with Crippen molar-refractivity contribution in [1.82, 2.24) is 5.32 Å². The van der Waals surface area contributed by atoms with Gasteiger partial charge in [0.05, 0.1) is 0 Å². The molecule has 0 fully saturated rings. The van der Waals surface area contributed by atoms with Crippen molar-refractivity contribution in [2.45, 2.75) is 26.3 Å². The van der Waals surface area contributed by atoms with Crippen molar-refractivity contribution in [2.75, 3.05) is 6.54 Å². The number of nitrogens with one attached hydrogen (secondary N) is 1. The Morgan fingerprint density at radius 3 is 2.53 bits per heavy atom. The highest BCUT2D eigenvalue weighted by Crippen LogP contribution is 2.29. The van der Waals surface area contributed by atoms with Crippen molar-refractivity contribution in [2.24, 2.45) is 0 Å². The monoisotopic (exact) mass is 291 g/mol. The standard InChI is InChI=1S/C15H18BrN/c1-3-10-17-11(2)12-8-9-15(16)14-7-5-4-6-13(12)14/h4-9,11,17H,3,10H2,1-2H3. The van der Waals surface area contributed by atoms with Crippen LogP contribution in [0, 0.1) is 0 Å². The Bertz CT molecular complexity index is 507. The summed E-state index contributed by atoms with van der Waals surface area (Å²) >= 11 is 3.61. The van der Waals surface area contributed by atoms with Gasteiger partial charge in [0, 0.05) is 10.5 Å². The molecule has 0 aliphatic carbocycles. The second kappa shape index (κ2) is 5.65. The van der Waals surface area contributed by atoms with Crippen LogP contribution in [0.1, 0.15) is 31.9 Å². The molecule has 0 bridgehead atoms. The van der Waals surface area contributed by atoms with Gasteiger partial charge >= 0.3 is 0 Å². The Hall–Kier alpha value is -0.860. The maximum Gasteiger partial charge on any atom is 0.0297 e. The Morgan fingerprint density at radius 1 is 1.12 bits per heavy atom. The van der Waals surface area contributed by atoms with Gasteiger partial charge in [-0.1, -0.05) is 53.2 Å². The van der Waals surface area contributed by atoms with Crippen LogP contribution in [0.2, 0.25) is 0 Å². The zero-order chi connectivity index (χ0) is 12.3. The lowest BCUT2D eigenvalue weighted by Crippen LogP contribution is -2.19. The first-order valence-electron chi connectivity index (χ1n) is 6.14. The van der Waals surface area contributed by atoms with Gasteiger partial charge in [-0.25, -0.2) is 0 Å². The number of rotatable bonds is 4. The fraction of sp³-hybridized carbons (Fsp3) is 0.333. The zero-order valence-corrected chi connectivity index (χ0v) is 11.9. The van der Waals surface area contributed by atoms with E-state index in [0.29, 0.717) is 6.04 Å². The first kappa shape index (κ1) is 12.6. The molecule has 2 rings (SSSR count). The summed E-state index contributed by atoms with van der Waals surface area (Å²) in [6, 6.07) is 13.3. The minimum Gasteiger partial charge on any atom is -0.310 e. The molecule has 1 N–H and O–H groups in total. The average molecular weight is 292 g/mol. The van der Waals surface area contributed by atoms with Gasteiger partial charge in [0.25, 0.3) is 0 Å². The first-order valence-corrected chi connectivity index (χ1v) is 6.94. The zero-order valence-electron chi connectivity index (χ0n) is 10.3. The minimum absolute atomic E-state index is 0.396. The predicted octanol–water partition coefficient (Wildman–Crippen LogP) is 4.66. The van der Waals surface area contributed by atoms with Gasteiger partial charge in [0.1, 0.15) is 0 Å². The molecular formula is C15H18BrN. The molecule has 90 valence electrons. The normalized spacial score (nSPS) is 12.9. The average Bonchev–Trinajstić information content (AvgIpc) is 2.37. The van der Waals surface area contributed by atoms with E-state index in [-0.39, 0.29) is 0 Å². The molecule has 1 atom stereocenters. The molecule has 0 aliphatic rings. The van der Waals surface area contributed by atoms with Gasteiger partial charge in [-0.3, -0.25) is 0 Å². The summed E-state index contributed by atoms with van der Waals surface area (Å²) in [6.07, 6.45) is 1.17. The van der Waals surface area contributed by atoms with Crippen LogP contribution in [-0.4, -0.2) is 6.54 Å². The molecule has 17 heavy (non-hydrogen) atoms. The molecule has 0 spiro atoms. The second-order valence-electron chi connectivity index (χ2n) is 4.36. The van der Waals surface area contributed by atoms with Crippen LogP contribution in [0.4, 0.5) is 0 Å². The highest BCUT2D eigenvalue weighted by Gasteiger charge is 2.09. The molecule has 0 saturated heterocycles. The quantitative estimate of drug-likeness (QED) is 0.864. The number of hydrogen-bond donors (Lipinski definition) is 1. The fourth-order valence-electron chi connectivity index (χ4n) is 2.13. The van der Waals surface area contributed by atoms with Crippen molar-refractivity contribution in [1.29, 1.82) is 0 Å². The largest absolute Gasteiger partial charge is 0.310 e. The summed E-state index contributed by atoms with van der Waals surface area (Å²) in [5.41, 5.74) is 1.37. The molecule has 0 radical (unpaired) electrons. The lowest BCUT2D eigenvalue weighted by molar-refractivity contribution is 0.574. The third-order valence-electron chi connectivity index (χ3n) is 3.07. The lowest BCUT2D eigenvalue weighted by Gasteiger charge is -2.16. The summed E-state index contributed by atoms with van der Waals surface area (Å²) < 4.78 is 1.17. The Morgan fingerprint density at radius 2 is 1.82 bits per heavy atom. The van der Waals surface area contributed by atoms with E-state index < -0.39 is 0 Å². The molecule has 0 aliphatic heterocycles. The van der Waals surface area contributed by atoms with Crippen LogP contribution in [0.3, 0.4) is 0 Å². The van der Waals surface area contributed by atoms with Gasteiger partial charge in [0.2, 0.25) is 0 Å². The first-order chi connectivity index (χ1) is 8.24. The summed E-state index contributed by atoms with van der Waals surface area (Å²) in [5.74, 6) is 0. The predicted molar refractivity (Wildman–Crippen MR) is 78.4 cm³/mol. The molecule has 1 nitrogen and oxygen atoms in total. The van der Waals surface area contributed by atoms with E-state index in [1.807, 2.05) is 0 Å². The van der Waals surface area contributed by atoms with Crippen molar-refractivity contribution in [3.63, 3.8) is 0 Å². The lowest BCUT2D eigenvalue weighted by atomic mass is 9.99. The third kappa shape index (κ3) is 2.70. The molecule has 2 aromatic rings. The van der Waals surface area contributed by atoms with Gasteiger partial charge < -0.3 is 5.32 Å². The smallest absolute Gasteiger partial charge is 0.0297 e. The molecule has 0 heterocycles. The Kier molecular flexibility index (Phi) is 4.19. The SMILES string of the molecule is CCCNC(C)c1ccc(Br)c2ccccc12. The van der Waals surface area contributed by atoms with Crippen molar-refractivity contribution < 1.29 is 0 Å². The van der Waals surface area contributed by atoms with E-state index >= 15 is 0 Å². The summed E-state index contributed by atoms with van der Waals surface area (Å²) in [5, 5.41) is 6.16. The van der Waals surface area contributed by atoms with Crippen LogP contribution in [0.5, 0.6) is 0 Å². The van der Waals surface area contributed by atoms with E-state index in [0.717, 1.165) is 6.54 Å². The molecular weight excluding hydrogens is 274 g/mol. The Balaban J connectivity index is 2.44. The maximum atomic E-state index is 3.61. The highest BCUT2D eigenvalue weighted by atomic mass is 79.9. The van der Waals surface area contributed by atoms with Crippen molar-refractivity contribution in [3.8, 4) is 0 Å². The van der Waals surface area contributed by atoms with Crippen LogP contribution < -0.4 is 5.32 Å². The van der Waals surface area contributed by atoms with Gasteiger partial charge in [0.15, 0.2) is 0 Å².